The zero-order valence-corrected chi connectivity index (χ0v) is 18.7. The molecule has 0 spiro atoms. The molecule has 172 valence electrons. The van der Waals surface area contributed by atoms with E-state index in [1.54, 1.807) is 6.07 Å². The van der Waals surface area contributed by atoms with E-state index in [1.165, 1.54) is 36.6 Å². The fraction of sp³-hybridized carbons (Fsp3) is 0.423. The Labute approximate surface area is 191 Å². The van der Waals surface area contributed by atoms with Crippen LogP contribution < -0.4 is 10.7 Å². The Balaban J connectivity index is 1.01. The highest BCUT2D eigenvalue weighted by Gasteiger charge is 2.24. The predicted octanol–water partition coefficient (Wildman–Crippen LogP) is 4.45. The zero-order valence-electron chi connectivity index (χ0n) is 18.7. The third-order valence-corrected chi connectivity index (χ3v) is 7.48. The summed E-state index contributed by atoms with van der Waals surface area (Å²) in [4.78, 5) is 22.7. The summed E-state index contributed by atoms with van der Waals surface area (Å²) in [5, 5.41) is 1.07. The van der Waals surface area contributed by atoms with Crippen LogP contribution in [-0.4, -0.2) is 47.6 Å². The number of benzene rings is 2. The van der Waals surface area contributed by atoms with Crippen LogP contribution in [0.15, 0.2) is 45.6 Å². The maximum atomic E-state index is 13.7. The molecule has 6 rings (SSSR count). The van der Waals surface area contributed by atoms with E-state index in [4.69, 9.17) is 4.42 Å². The summed E-state index contributed by atoms with van der Waals surface area (Å²) in [5.74, 6) is 0.150. The summed E-state index contributed by atoms with van der Waals surface area (Å²) in [6.45, 7) is 5.04. The summed E-state index contributed by atoms with van der Waals surface area (Å²) < 4.78 is 19.0. The lowest BCUT2D eigenvalue weighted by atomic mass is 9.84. The van der Waals surface area contributed by atoms with Gasteiger partial charge in [-0.3, -0.25) is 9.88 Å². The van der Waals surface area contributed by atoms with Crippen molar-refractivity contribution in [3.8, 4) is 0 Å². The van der Waals surface area contributed by atoms with Crippen LogP contribution in [0.25, 0.3) is 22.0 Å². The highest BCUT2D eigenvalue weighted by molar-refractivity contribution is 5.86. The topological polar surface area (TPSA) is 68.3 Å². The van der Waals surface area contributed by atoms with Crippen LogP contribution >= 0.6 is 0 Å². The number of oxazole rings is 1. The van der Waals surface area contributed by atoms with Crippen LogP contribution in [0, 0.1) is 11.7 Å². The molecule has 6 nitrogen and oxygen atoms in total. The lowest BCUT2D eigenvalue weighted by molar-refractivity contribution is 0.243. The second-order valence-corrected chi connectivity index (χ2v) is 9.52. The molecule has 1 unspecified atom stereocenters. The SMILES string of the molecule is O=c1[nH]c2cccc(N3CCN(CCCC4CCc5c([nH]c6ccc(F)cc56)C4)CC3)c2o1. The molecule has 0 amide bonds. The number of hydrogen-bond acceptors (Lipinski definition) is 4. The molecule has 0 bridgehead atoms. The van der Waals surface area contributed by atoms with Crippen LogP contribution in [0.1, 0.15) is 30.5 Å². The van der Waals surface area contributed by atoms with E-state index in [-0.39, 0.29) is 5.82 Å². The van der Waals surface area contributed by atoms with Crippen LogP contribution in [0.5, 0.6) is 0 Å². The lowest BCUT2D eigenvalue weighted by Crippen LogP contribution is -2.46. The number of aromatic amines is 2. The van der Waals surface area contributed by atoms with Crippen molar-refractivity contribution in [1.82, 2.24) is 14.9 Å². The second-order valence-electron chi connectivity index (χ2n) is 9.52. The van der Waals surface area contributed by atoms with Crippen molar-refractivity contribution in [3.05, 3.63) is 64.0 Å². The van der Waals surface area contributed by atoms with E-state index >= 15 is 0 Å². The number of H-pyrrole nitrogens is 2. The summed E-state index contributed by atoms with van der Waals surface area (Å²) in [6, 6.07) is 11.0. The van der Waals surface area contributed by atoms with Crippen molar-refractivity contribution in [2.24, 2.45) is 5.92 Å². The molecule has 2 aromatic heterocycles. The Kier molecular flexibility index (Phi) is 5.21. The minimum atomic E-state index is -0.398. The third-order valence-electron chi connectivity index (χ3n) is 7.48. The molecule has 33 heavy (non-hydrogen) atoms. The third kappa shape index (κ3) is 3.95. The maximum absolute atomic E-state index is 13.7. The van der Waals surface area contributed by atoms with Crippen LogP contribution in [0.2, 0.25) is 0 Å². The first-order chi connectivity index (χ1) is 16.1. The maximum Gasteiger partial charge on any atom is 0.417 e. The number of para-hydroxylation sites is 1. The van der Waals surface area contributed by atoms with Gasteiger partial charge in [-0.25, -0.2) is 9.18 Å². The molecule has 0 radical (unpaired) electrons. The quantitative estimate of drug-likeness (QED) is 0.473. The highest BCUT2D eigenvalue weighted by atomic mass is 19.1. The Bertz CT molecular complexity index is 1350. The number of anilines is 1. The van der Waals surface area contributed by atoms with E-state index in [2.05, 4.69) is 19.8 Å². The van der Waals surface area contributed by atoms with Gasteiger partial charge in [0.2, 0.25) is 0 Å². The summed E-state index contributed by atoms with van der Waals surface area (Å²) in [7, 11) is 0. The Morgan fingerprint density at radius 2 is 1.94 bits per heavy atom. The number of hydrogen-bond donors (Lipinski definition) is 2. The Hall–Kier alpha value is -3.06. The van der Waals surface area contributed by atoms with E-state index in [0.29, 0.717) is 11.5 Å². The molecule has 1 fully saturated rings. The molecule has 3 heterocycles. The number of halogens is 1. The molecule has 0 saturated carbocycles. The molecule has 7 heteroatoms. The van der Waals surface area contributed by atoms with Crippen molar-refractivity contribution in [3.63, 3.8) is 0 Å². The first-order valence-corrected chi connectivity index (χ1v) is 12.0. The normalized spacial score (nSPS) is 19.4. The molecule has 1 saturated heterocycles. The van der Waals surface area contributed by atoms with Gasteiger partial charge in [0.1, 0.15) is 5.82 Å². The van der Waals surface area contributed by atoms with Gasteiger partial charge in [0.05, 0.1) is 11.2 Å². The van der Waals surface area contributed by atoms with Gasteiger partial charge < -0.3 is 14.3 Å². The molecule has 2 aliphatic rings. The average molecular weight is 449 g/mol. The number of nitrogens with one attached hydrogen (secondary N) is 2. The van der Waals surface area contributed by atoms with Gasteiger partial charge in [0.15, 0.2) is 5.58 Å². The van der Waals surface area contributed by atoms with Gasteiger partial charge in [-0.2, -0.15) is 0 Å². The molecule has 1 aliphatic heterocycles. The fourth-order valence-corrected chi connectivity index (χ4v) is 5.74. The van der Waals surface area contributed by atoms with Gasteiger partial charge in [0.25, 0.3) is 0 Å². The van der Waals surface area contributed by atoms with Crippen molar-refractivity contribution >= 4 is 27.7 Å². The first-order valence-electron chi connectivity index (χ1n) is 12.0. The number of fused-ring (bicyclic) bond motifs is 4. The molecule has 2 N–H and O–H groups in total. The minimum absolute atomic E-state index is 0.152. The number of rotatable bonds is 5. The summed E-state index contributed by atoms with van der Waals surface area (Å²) >= 11 is 0. The van der Waals surface area contributed by atoms with Crippen molar-refractivity contribution in [2.45, 2.75) is 32.1 Å². The Morgan fingerprint density at radius 3 is 2.82 bits per heavy atom. The van der Waals surface area contributed by atoms with Crippen LogP contribution in [-0.2, 0) is 12.8 Å². The van der Waals surface area contributed by atoms with Gasteiger partial charge >= 0.3 is 5.76 Å². The first kappa shape index (κ1) is 20.5. The monoisotopic (exact) mass is 448 g/mol. The van der Waals surface area contributed by atoms with Crippen molar-refractivity contribution in [1.29, 1.82) is 0 Å². The minimum Gasteiger partial charge on any atom is -0.406 e. The molecular weight excluding hydrogens is 419 g/mol. The van der Waals surface area contributed by atoms with Crippen molar-refractivity contribution < 1.29 is 8.81 Å². The van der Waals surface area contributed by atoms with Crippen LogP contribution in [0.4, 0.5) is 10.1 Å². The fourth-order valence-electron chi connectivity index (χ4n) is 5.74. The zero-order chi connectivity index (χ0) is 22.4. The highest BCUT2D eigenvalue weighted by Crippen LogP contribution is 2.34. The van der Waals surface area contributed by atoms with Crippen molar-refractivity contribution in [2.75, 3.05) is 37.6 Å². The van der Waals surface area contributed by atoms with E-state index in [0.717, 1.165) is 67.7 Å². The standard InChI is InChI=1S/C26H29FN4O2/c27-18-7-9-21-20(16-18)19-8-6-17(15-23(19)28-21)3-2-10-30-11-13-31(14-12-30)24-5-1-4-22-25(24)33-26(32)29-22/h1,4-5,7,9,16-17,28H,2-3,6,8,10-15H2,(H,29,32). The molecule has 4 aromatic rings. The number of aryl methyl sites for hydroxylation is 1. The predicted molar refractivity (Wildman–Crippen MR) is 128 cm³/mol. The largest absolute Gasteiger partial charge is 0.417 e. The van der Waals surface area contributed by atoms with Crippen LogP contribution in [0.3, 0.4) is 0 Å². The van der Waals surface area contributed by atoms with E-state index < -0.39 is 5.76 Å². The number of aromatic nitrogens is 2. The number of nitrogens with zero attached hydrogens (tertiary/aromatic N) is 2. The second kappa shape index (κ2) is 8.37. The molecule has 1 aliphatic carbocycles. The number of piperazine rings is 1. The van der Waals surface area contributed by atoms with Gasteiger partial charge in [-0.05, 0) is 80.5 Å². The summed E-state index contributed by atoms with van der Waals surface area (Å²) in [6.07, 6.45) is 5.75. The molecule has 1 atom stereocenters. The van der Waals surface area contributed by atoms with E-state index in [1.807, 2.05) is 24.3 Å². The average Bonchev–Trinajstić information content (AvgIpc) is 3.38. The lowest BCUT2D eigenvalue weighted by Gasteiger charge is -2.36. The van der Waals surface area contributed by atoms with E-state index in [9.17, 15) is 9.18 Å². The Morgan fingerprint density at radius 1 is 1.06 bits per heavy atom. The van der Waals surface area contributed by atoms with Gasteiger partial charge in [-0.1, -0.05) is 6.07 Å². The van der Waals surface area contributed by atoms with Gasteiger partial charge in [-0.15, -0.1) is 0 Å². The van der Waals surface area contributed by atoms with Gasteiger partial charge in [0, 0.05) is 42.8 Å². The molecular formula is C26H29FN4O2. The smallest absolute Gasteiger partial charge is 0.406 e. The summed E-state index contributed by atoms with van der Waals surface area (Å²) in [5.41, 5.74) is 6.12. The molecule has 2 aromatic carbocycles.